The summed E-state index contributed by atoms with van der Waals surface area (Å²) < 4.78 is 18.2. The molecule has 5 heteroatoms. The van der Waals surface area contributed by atoms with E-state index in [0.717, 1.165) is 6.54 Å². The van der Waals surface area contributed by atoms with E-state index in [1.54, 1.807) is 0 Å². The minimum atomic E-state index is -0.426. The average molecular weight is 258 g/mol. The molecule has 1 aromatic rings. The number of nitrogens with one attached hydrogen (secondary N) is 1. The zero-order valence-corrected chi connectivity index (χ0v) is 9.97. The minimum Gasteiger partial charge on any atom is -0.368 e. The predicted molar refractivity (Wildman–Crippen MR) is 62.7 cm³/mol. The maximum atomic E-state index is 12.8. The molecule has 2 rings (SSSR count). The molecule has 1 heterocycles. The van der Waals surface area contributed by atoms with Gasteiger partial charge in [-0.25, -0.2) is 4.39 Å². The molecule has 1 fully saturated rings. The van der Waals surface area contributed by atoms with Gasteiger partial charge in [-0.3, -0.25) is 4.79 Å². The quantitative estimate of drug-likeness (QED) is 0.894. The lowest BCUT2D eigenvalue weighted by molar-refractivity contribution is -0.131. The molecule has 0 amide bonds. The summed E-state index contributed by atoms with van der Waals surface area (Å²) in [6, 6.07) is 4.05. The Labute approximate surface area is 104 Å². The molecule has 1 atom stereocenters. The number of rotatable bonds is 3. The number of hydrogen-bond donors (Lipinski definition) is 1. The highest BCUT2D eigenvalue weighted by Gasteiger charge is 2.22. The van der Waals surface area contributed by atoms with Gasteiger partial charge in [0.25, 0.3) is 0 Å². The molecular formula is C12H13ClFNO2. The van der Waals surface area contributed by atoms with Crippen LogP contribution in [0.1, 0.15) is 5.56 Å². The Morgan fingerprint density at radius 3 is 3.06 bits per heavy atom. The predicted octanol–water partition coefficient (Wildman–Crippen LogP) is 1.58. The van der Waals surface area contributed by atoms with Crippen LogP contribution in [0.25, 0.3) is 0 Å². The van der Waals surface area contributed by atoms with Crippen molar-refractivity contribution in [1.29, 1.82) is 0 Å². The molecule has 92 valence electrons. The summed E-state index contributed by atoms with van der Waals surface area (Å²) in [6.45, 7) is 1.83. The Morgan fingerprint density at radius 1 is 1.59 bits per heavy atom. The average Bonchev–Trinajstić information content (AvgIpc) is 2.34. The summed E-state index contributed by atoms with van der Waals surface area (Å²) in [7, 11) is 0. The highest BCUT2D eigenvalue weighted by molar-refractivity contribution is 6.31. The van der Waals surface area contributed by atoms with Crippen LogP contribution in [0.15, 0.2) is 18.2 Å². The molecule has 1 N–H and O–H groups in total. The SMILES string of the molecule is O=C(Cc1ccc(F)cc1Cl)C1CNCCO1. The number of carbonyl (C=O) groups is 1. The number of morpholine rings is 1. The van der Waals surface area contributed by atoms with E-state index in [1.807, 2.05) is 0 Å². The van der Waals surface area contributed by atoms with Gasteiger partial charge in [-0.1, -0.05) is 17.7 Å². The van der Waals surface area contributed by atoms with Crippen LogP contribution in [0.5, 0.6) is 0 Å². The van der Waals surface area contributed by atoms with E-state index < -0.39 is 11.9 Å². The first-order chi connectivity index (χ1) is 8.16. The molecule has 1 unspecified atom stereocenters. The van der Waals surface area contributed by atoms with Crippen molar-refractivity contribution in [3.8, 4) is 0 Å². The fourth-order valence-corrected chi connectivity index (χ4v) is 1.97. The first-order valence-corrected chi connectivity index (χ1v) is 5.83. The van der Waals surface area contributed by atoms with Gasteiger partial charge in [0.1, 0.15) is 11.9 Å². The van der Waals surface area contributed by atoms with Crippen molar-refractivity contribution in [3.05, 3.63) is 34.6 Å². The first-order valence-electron chi connectivity index (χ1n) is 5.46. The van der Waals surface area contributed by atoms with Gasteiger partial charge in [-0.2, -0.15) is 0 Å². The molecular weight excluding hydrogens is 245 g/mol. The third kappa shape index (κ3) is 3.25. The molecule has 0 saturated carbocycles. The Bertz CT molecular complexity index is 419. The van der Waals surface area contributed by atoms with Gasteiger partial charge in [0.2, 0.25) is 0 Å². The van der Waals surface area contributed by atoms with Crippen LogP contribution in [-0.2, 0) is 16.0 Å². The summed E-state index contributed by atoms with van der Waals surface area (Å²) in [5, 5.41) is 3.37. The third-order valence-corrected chi connectivity index (χ3v) is 3.02. The fraction of sp³-hybridized carbons (Fsp3) is 0.417. The second kappa shape index (κ2) is 5.58. The lowest BCUT2D eigenvalue weighted by Crippen LogP contribution is -2.43. The summed E-state index contributed by atoms with van der Waals surface area (Å²) in [5.41, 5.74) is 0.632. The first kappa shape index (κ1) is 12.5. The Kier molecular flexibility index (Phi) is 4.10. The van der Waals surface area contributed by atoms with Crippen molar-refractivity contribution < 1.29 is 13.9 Å². The number of ketones is 1. The molecule has 17 heavy (non-hydrogen) atoms. The monoisotopic (exact) mass is 257 g/mol. The van der Waals surface area contributed by atoms with Gasteiger partial charge in [0, 0.05) is 24.5 Å². The maximum Gasteiger partial charge on any atom is 0.167 e. The van der Waals surface area contributed by atoms with Gasteiger partial charge in [0.05, 0.1) is 6.61 Å². The zero-order valence-electron chi connectivity index (χ0n) is 9.21. The summed E-state index contributed by atoms with van der Waals surface area (Å²) in [4.78, 5) is 11.9. The summed E-state index contributed by atoms with van der Waals surface area (Å²) >= 11 is 5.86. The van der Waals surface area contributed by atoms with Gasteiger partial charge >= 0.3 is 0 Å². The van der Waals surface area contributed by atoms with E-state index in [9.17, 15) is 9.18 Å². The minimum absolute atomic E-state index is 0.0364. The smallest absolute Gasteiger partial charge is 0.167 e. The molecule has 3 nitrogen and oxygen atoms in total. The highest BCUT2D eigenvalue weighted by atomic mass is 35.5. The van der Waals surface area contributed by atoms with Gasteiger partial charge in [-0.05, 0) is 17.7 Å². The van der Waals surface area contributed by atoms with E-state index in [1.165, 1.54) is 18.2 Å². The van der Waals surface area contributed by atoms with Crippen LogP contribution in [0.4, 0.5) is 4.39 Å². The van der Waals surface area contributed by atoms with Crippen LogP contribution in [-0.4, -0.2) is 31.6 Å². The Morgan fingerprint density at radius 2 is 2.41 bits per heavy atom. The number of Topliss-reactive ketones (excluding diaryl/α,β-unsaturated/α-hetero) is 1. The molecule has 1 aliphatic rings. The van der Waals surface area contributed by atoms with Crippen molar-refractivity contribution in [2.75, 3.05) is 19.7 Å². The Hall–Kier alpha value is -0.970. The van der Waals surface area contributed by atoms with Gasteiger partial charge in [0.15, 0.2) is 5.78 Å². The Balaban J connectivity index is 2.02. The second-order valence-electron chi connectivity index (χ2n) is 3.94. The maximum absolute atomic E-state index is 12.8. The fourth-order valence-electron chi connectivity index (χ4n) is 1.74. The van der Waals surface area contributed by atoms with Crippen LogP contribution >= 0.6 is 11.6 Å². The lowest BCUT2D eigenvalue weighted by Gasteiger charge is -2.22. The van der Waals surface area contributed by atoms with E-state index in [0.29, 0.717) is 18.7 Å². The highest BCUT2D eigenvalue weighted by Crippen LogP contribution is 2.18. The molecule has 0 aliphatic carbocycles. The second-order valence-corrected chi connectivity index (χ2v) is 4.35. The van der Waals surface area contributed by atoms with Crippen molar-refractivity contribution in [2.45, 2.75) is 12.5 Å². The van der Waals surface area contributed by atoms with Gasteiger partial charge < -0.3 is 10.1 Å². The number of benzene rings is 1. The molecule has 0 aromatic heterocycles. The lowest BCUT2D eigenvalue weighted by atomic mass is 10.0. The van der Waals surface area contributed by atoms with Crippen LogP contribution in [0.2, 0.25) is 5.02 Å². The van der Waals surface area contributed by atoms with Crippen LogP contribution in [0.3, 0.4) is 0 Å². The van der Waals surface area contributed by atoms with Gasteiger partial charge in [-0.15, -0.1) is 0 Å². The largest absolute Gasteiger partial charge is 0.368 e. The molecule has 1 aromatic carbocycles. The van der Waals surface area contributed by atoms with E-state index in [-0.39, 0.29) is 17.2 Å². The number of carbonyl (C=O) groups excluding carboxylic acids is 1. The number of ether oxygens (including phenoxy) is 1. The third-order valence-electron chi connectivity index (χ3n) is 2.67. The van der Waals surface area contributed by atoms with Crippen molar-refractivity contribution in [3.63, 3.8) is 0 Å². The summed E-state index contributed by atoms with van der Waals surface area (Å²) in [6.07, 6.45) is -0.254. The van der Waals surface area contributed by atoms with Crippen molar-refractivity contribution in [2.24, 2.45) is 0 Å². The molecule has 0 bridgehead atoms. The van der Waals surface area contributed by atoms with Crippen molar-refractivity contribution in [1.82, 2.24) is 5.32 Å². The van der Waals surface area contributed by atoms with E-state index in [4.69, 9.17) is 16.3 Å². The summed E-state index contributed by atoms with van der Waals surface area (Å²) in [5.74, 6) is -0.438. The molecule has 1 saturated heterocycles. The van der Waals surface area contributed by atoms with Crippen molar-refractivity contribution >= 4 is 17.4 Å². The zero-order chi connectivity index (χ0) is 12.3. The van der Waals surface area contributed by atoms with Crippen LogP contribution < -0.4 is 5.32 Å². The number of halogens is 2. The standard InChI is InChI=1S/C12H13ClFNO2/c13-10-6-9(14)2-1-8(10)5-11(16)12-7-15-3-4-17-12/h1-2,6,12,15H,3-5,7H2. The normalized spacial score (nSPS) is 20.2. The van der Waals surface area contributed by atoms with E-state index >= 15 is 0 Å². The van der Waals surface area contributed by atoms with E-state index in [2.05, 4.69) is 5.32 Å². The number of hydrogen-bond acceptors (Lipinski definition) is 3. The van der Waals surface area contributed by atoms with Crippen LogP contribution in [0, 0.1) is 5.82 Å². The molecule has 0 spiro atoms. The molecule has 1 aliphatic heterocycles. The topological polar surface area (TPSA) is 38.3 Å². The molecule has 0 radical (unpaired) electrons.